The van der Waals surface area contributed by atoms with Gasteiger partial charge in [0.1, 0.15) is 18.1 Å². The second kappa shape index (κ2) is 9.79. The minimum Gasteiger partial charge on any atom is -0.351 e. The summed E-state index contributed by atoms with van der Waals surface area (Å²) in [6.07, 6.45) is 8.12. The van der Waals surface area contributed by atoms with Gasteiger partial charge in [-0.2, -0.15) is 15.4 Å². The summed E-state index contributed by atoms with van der Waals surface area (Å²) in [6.45, 7) is 1.25. The van der Waals surface area contributed by atoms with Crippen molar-refractivity contribution in [3.63, 3.8) is 0 Å². The van der Waals surface area contributed by atoms with E-state index >= 15 is 0 Å². The number of rotatable bonds is 6. The molecule has 1 aliphatic heterocycles. The largest absolute Gasteiger partial charge is 0.351 e. The van der Waals surface area contributed by atoms with Gasteiger partial charge in [0.25, 0.3) is 0 Å². The maximum Gasteiger partial charge on any atom is 0.242 e. The quantitative estimate of drug-likeness (QED) is 0.355. The number of H-pyrrole nitrogens is 1. The van der Waals surface area contributed by atoms with Gasteiger partial charge in [0.15, 0.2) is 0 Å². The number of benzene rings is 2. The summed E-state index contributed by atoms with van der Waals surface area (Å²) < 4.78 is 1.91. The van der Waals surface area contributed by atoms with E-state index in [0.29, 0.717) is 25.5 Å². The Morgan fingerprint density at radius 3 is 2.41 bits per heavy atom. The van der Waals surface area contributed by atoms with Crippen LogP contribution >= 0.6 is 0 Å². The first-order valence-electron chi connectivity index (χ1n) is 13.1. The van der Waals surface area contributed by atoms with Crippen LogP contribution in [-0.4, -0.2) is 58.3 Å². The Balaban J connectivity index is 1.11. The lowest BCUT2D eigenvalue weighted by atomic mass is 10.1. The van der Waals surface area contributed by atoms with Crippen LogP contribution in [0.1, 0.15) is 22.5 Å². The number of carbonyl (C=O) groups excluding carboxylic acids is 1. The molecule has 0 bridgehead atoms. The number of imidazole rings is 1. The minimum atomic E-state index is 0.0122. The number of amides is 1. The lowest BCUT2D eigenvalue weighted by Crippen LogP contribution is -2.38. The van der Waals surface area contributed by atoms with Gasteiger partial charge in [-0.05, 0) is 24.0 Å². The third-order valence-corrected chi connectivity index (χ3v) is 7.46. The van der Waals surface area contributed by atoms with E-state index in [1.807, 2.05) is 46.0 Å². The fourth-order valence-corrected chi connectivity index (χ4v) is 5.43. The third-order valence-electron chi connectivity index (χ3n) is 7.46. The zero-order valence-electron chi connectivity index (χ0n) is 21.3. The van der Waals surface area contributed by atoms with Crippen LogP contribution in [0.3, 0.4) is 0 Å². The second-order valence-electron chi connectivity index (χ2n) is 10.0. The molecule has 0 spiro atoms. The van der Waals surface area contributed by atoms with Crippen molar-refractivity contribution in [3.05, 3.63) is 95.7 Å². The van der Waals surface area contributed by atoms with Crippen molar-refractivity contribution >= 4 is 11.9 Å². The van der Waals surface area contributed by atoms with Gasteiger partial charge in [0.05, 0.1) is 17.9 Å². The summed E-state index contributed by atoms with van der Waals surface area (Å²) >= 11 is 0. The average molecular weight is 518 g/mol. The molecule has 39 heavy (non-hydrogen) atoms. The van der Waals surface area contributed by atoms with Crippen LogP contribution in [0.25, 0.3) is 22.6 Å². The molecular formula is C29H27N9O. The van der Waals surface area contributed by atoms with Gasteiger partial charge in [-0.25, -0.2) is 15.0 Å². The molecule has 10 nitrogen and oxygen atoms in total. The van der Waals surface area contributed by atoms with E-state index in [1.54, 1.807) is 12.4 Å². The molecule has 0 fully saturated rings. The number of aromatic amines is 1. The molecule has 0 unspecified atom stereocenters. The van der Waals surface area contributed by atoms with Crippen molar-refractivity contribution in [1.82, 2.24) is 39.8 Å². The lowest BCUT2D eigenvalue weighted by molar-refractivity contribution is -0.132. The smallest absolute Gasteiger partial charge is 0.242 e. The highest BCUT2D eigenvalue weighted by atomic mass is 16.2. The zero-order valence-corrected chi connectivity index (χ0v) is 21.3. The Hall–Kier alpha value is -4.86. The Morgan fingerprint density at radius 1 is 0.923 bits per heavy atom. The Kier molecular flexibility index (Phi) is 5.84. The summed E-state index contributed by atoms with van der Waals surface area (Å²) in [5, 5.41) is 14.5. The molecule has 4 heterocycles. The molecule has 1 aliphatic carbocycles. The van der Waals surface area contributed by atoms with Crippen LogP contribution in [0, 0.1) is 0 Å². The average Bonchev–Trinajstić information content (AvgIpc) is 3.71. The molecule has 2 aromatic carbocycles. The van der Waals surface area contributed by atoms with Crippen molar-refractivity contribution in [2.24, 2.45) is 0 Å². The molecule has 3 aromatic heterocycles. The molecule has 0 saturated heterocycles. The van der Waals surface area contributed by atoms with E-state index in [4.69, 9.17) is 4.98 Å². The first-order chi connectivity index (χ1) is 19.2. The summed E-state index contributed by atoms with van der Waals surface area (Å²) in [4.78, 5) is 29.2. The predicted octanol–water partition coefficient (Wildman–Crippen LogP) is 3.29. The molecule has 2 aliphatic rings. The van der Waals surface area contributed by atoms with Gasteiger partial charge in [-0.1, -0.05) is 54.6 Å². The molecule has 7 rings (SSSR count). The van der Waals surface area contributed by atoms with Crippen molar-refractivity contribution in [2.75, 3.05) is 11.9 Å². The normalized spacial score (nSPS) is 14.7. The van der Waals surface area contributed by atoms with E-state index < -0.39 is 0 Å². The highest BCUT2D eigenvalue weighted by Crippen LogP contribution is 2.27. The summed E-state index contributed by atoms with van der Waals surface area (Å²) in [5.74, 6) is 1.34. The van der Waals surface area contributed by atoms with Crippen LogP contribution in [0.5, 0.6) is 0 Å². The highest BCUT2D eigenvalue weighted by molar-refractivity contribution is 5.77. The van der Waals surface area contributed by atoms with Gasteiger partial charge >= 0.3 is 0 Å². The fraction of sp³-hybridized carbons (Fsp3) is 0.241. The zero-order chi connectivity index (χ0) is 26.2. The van der Waals surface area contributed by atoms with Gasteiger partial charge in [0, 0.05) is 48.7 Å². The van der Waals surface area contributed by atoms with E-state index in [9.17, 15) is 4.79 Å². The van der Waals surface area contributed by atoms with Gasteiger partial charge in [0.2, 0.25) is 11.9 Å². The van der Waals surface area contributed by atoms with Crippen molar-refractivity contribution < 1.29 is 4.79 Å². The fourth-order valence-electron chi connectivity index (χ4n) is 5.43. The van der Waals surface area contributed by atoms with Gasteiger partial charge < -0.3 is 14.8 Å². The number of fused-ring (bicyclic) bond motifs is 2. The number of aromatic nitrogens is 7. The Labute approximate surface area is 225 Å². The second-order valence-corrected chi connectivity index (χ2v) is 10.0. The lowest BCUT2D eigenvalue weighted by Gasteiger charge is -2.25. The first kappa shape index (κ1) is 23.3. The summed E-state index contributed by atoms with van der Waals surface area (Å²) in [7, 11) is 0. The molecule has 0 atom stereocenters. The number of carbonyl (C=O) groups is 1. The molecular weight excluding hydrogens is 490 g/mol. The molecule has 1 amide bonds. The number of nitrogens with one attached hydrogen (secondary N) is 2. The molecule has 2 N–H and O–H groups in total. The molecule has 10 heteroatoms. The highest BCUT2D eigenvalue weighted by Gasteiger charge is 2.25. The van der Waals surface area contributed by atoms with Crippen molar-refractivity contribution in [2.45, 2.75) is 38.4 Å². The van der Waals surface area contributed by atoms with Crippen molar-refractivity contribution in [3.8, 4) is 22.6 Å². The molecule has 0 radical (unpaired) electrons. The van der Waals surface area contributed by atoms with Gasteiger partial charge in [-0.15, -0.1) is 0 Å². The van der Waals surface area contributed by atoms with Crippen LogP contribution in [-0.2, 0) is 37.1 Å². The molecule has 5 aromatic rings. The van der Waals surface area contributed by atoms with Gasteiger partial charge in [-0.3, -0.25) is 4.79 Å². The number of hydrogen-bond acceptors (Lipinski definition) is 7. The van der Waals surface area contributed by atoms with E-state index in [0.717, 1.165) is 46.9 Å². The van der Waals surface area contributed by atoms with E-state index in [2.05, 4.69) is 55.0 Å². The van der Waals surface area contributed by atoms with Crippen LogP contribution < -0.4 is 5.32 Å². The number of anilines is 1. The molecule has 0 saturated carbocycles. The van der Waals surface area contributed by atoms with Crippen molar-refractivity contribution in [1.29, 1.82) is 0 Å². The van der Waals surface area contributed by atoms with Crippen LogP contribution in [0.4, 0.5) is 5.95 Å². The summed E-state index contributed by atoms with van der Waals surface area (Å²) in [5.41, 5.74) is 6.98. The Morgan fingerprint density at radius 2 is 1.64 bits per heavy atom. The number of nitrogens with zero attached hydrogens (tertiary/aromatic N) is 7. The Bertz CT molecular complexity index is 1600. The maximum atomic E-state index is 13.3. The van der Waals surface area contributed by atoms with E-state index in [1.165, 1.54) is 11.1 Å². The monoisotopic (exact) mass is 517 g/mol. The number of hydrogen-bond donors (Lipinski definition) is 2. The van der Waals surface area contributed by atoms with Crippen LogP contribution in [0.2, 0.25) is 0 Å². The SMILES string of the molecule is O=C(Cn1cc(-c2cnc(NC3Cc4ccccc4C3)nc2)nc1-c1ccccc1)N1CCc2n[nH]nc2C1. The minimum absolute atomic E-state index is 0.0122. The third kappa shape index (κ3) is 4.65. The summed E-state index contributed by atoms with van der Waals surface area (Å²) in [6, 6.07) is 18.7. The standard InChI is InChI=1S/C29H27N9O/c39-27(37-11-10-24-26(17-37)35-36-34-24)18-38-16-25(33-28(38)19-6-2-1-3-7-19)22-14-30-29(31-15-22)32-23-12-20-8-4-5-9-21(20)13-23/h1-9,14-16,23H,10-13,17-18H2,(H,30,31,32)(H,34,35,36). The van der Waals surface area contributed by atoms with E-state index in [-0.39, 0.29) is 18.5 Å². The first-order valence-corrected chi connectivity index (χ1v) is 13.1. The molecule has 194 valence electrons. The predicted molar refractivity (Wildman–Crippen MR) is 145 cm³/mol. The van der Waals surface area contributed by atoms with Crippen LogP contribution in [0.15, 0.2) is 73.2 Å². The topological polar surface area (TPSA) is 118 Å². The maximum absolute atomic E-state index is 13.3.